The van der Waals surface area contributed by atoms with E-state index in [0.717, 1.165) is 66.1 Å². The van der Waals surface area contributed by atoms with E-state index >= 15 is 0 Å². The molecule has 158 valence electrons. The van der Waals surface area contributed by atoms with Crippen molar-refractivity contribution in [2.24, 2.45) is 0 Å². The van der Waals surface area contributed by atoms with E-state index < -0.39 is 6.10 Å². The number of benzene rings is 3. The zero-order valence-electron chi connectivity index (χ0n) is 17.6. The lowest BCUT2D eigenvalue weighted by Crippen LogP contribution is -2.49. The van der Waals surface area contributed by atoms with E-state index in [1.165, 1.54) is 0 Å². The minimum Gasteiger partial charge on any atom is -0.491 e. The van der Waals surface area contributed by atoms with Crippen LogP contribution in [0.4, 0.5) is 5.69 Å². The monoisotopic (exact) mass is 405 g/mol. The fraction of sp³-hybridized carbons (Fsp3) is 0.360. The molecule has 4 rings (SSSR count). The SMILES string of the molecule is CCN1CCN(CC(O)COc2cc(-c3cccc(N)c3)c3ccccc3c2)CC1. The van der Waals surface area contributed by atoms with Crippen molar-refractivity contribution in [3.63, 3.8) is 0 Å². The molecule has 0 spiro atoms. The van der Waals surface area contributed by atoms with Crippen molar-refractivity contribution in [3.8, 4) is 16.9 Å². The molecular weight excluding hydrogens is 374 g/mol. The molecule has 1 unspecified atom stereocenters. The number of rotatable bonds is 7. The summed E-state index contributed by atoms with van der Waals surface area (Å²) in [6.07, 6.45) is -0.513. The van der Waals surface area contributed by atoms with Gasteiger partial charge in [-0.25, -0.2) is 0 Å². The van der Waals surface area contributed by atoms with E-state index in [0.29, 0.717) is 6.54 Å². The van der Waals surface area contributed by atoms with Crippen molar-refractivity contribution in [3.05, 3.63) is 60.7 Å². The van der Waals surface area contributed by atoms with Crippen LogP contribution in [0, 0.1) is 0 Å². The van der Waals surface area contributed by atoms with E-state index in [1.54, 1.807) is 0 Å². The van der Waals surface area contributed by atoms with Gasteiger partial charge in [0.25, 0.3) is 0 Å². The van der Waals surface area contributed by atoms with Crippen molar-refractivity contribution in [1.82, 2.24) is 9.80 Å². The second kappa shape index (κ2) is 9.47. The Hall–Kier alpha value is -2.60. The quantitative estimate of drug-likeness (QED) is 0.590. The second-order valence-corrected chi connectivity index (χ2v) is 8.02. The van der Waals surface area contributed by atoms with Crippen molar-refractivity contribution >= 4 is 16.5 Å². The third kappa shape index (κ3) is 4.93. The van der Waals surface area contributed by atoms with Crippen LogP contribution in [0.5, 0.6) is 5.75 Å². The van der Waals surface area contributed by atoms with E-state index in [1.807, 2.05) is 42.5 Å². The molecule has 5 heteroatoms. The zero-order valence-corrected chi connectivity index (χ0v) is 17.6. The summed E-state index contributed by atoms with van der Waals surface area (Å²) >= 11 is 0. The number of β-amino-alcohol motifs (C(OH)–C–C–N with tert-alkyl or cyclic N) is 1. The molecule has 1 saturated heterocycles. The van der Waals surface area contributed by atoms with Gasteiger partial charge in [-0.2, -0.15) is 0 Å². The van der Waals surface area contributed by atoms with Gasteiger partial charge in [0.1, 0.15) is 18.5 Å². The molecule has 30 heavy (non-hydrogen) atoms. The minimum atomic E-state index is -0.513. The lowest BCUT2D eigenvalue weighted by molar-refractivity contribution is 0.0471. The molecule has 0 aliphatic carbocycles. The van der Waals surface area contributed by atoms with Gasteiger partial charge in [0.15, 0.2) is 0 Å². The smallest absolute Gasteiger partial charge is 0.120 e. The lowest BCUT2D eigenvalue weighted by atomic mass is 9.97. The van der Waals surface area contributed by atoms with Crippen LogP contribution < -0.4 is 10.5 Å². The molecule has 0 amide bonds. The second-order valence-electron chi connectivity index (χ2n) is 8.02. The van der Waals surface area contributed by atoms with Crippen LogP contribution in [-0.2, 0) is 0 Å². The highest BCUT2D eigenvalue weighted by Gasteiger charge is 2.18. The van der Waals surface area contributed by atoms with Crippen molar-refractivity contribution in [1.29, 1.82) is 0 Å². The Balaban J connectivity index is 1.47. The summed E-state index contributed by atoms with van der Waals surface area (Å²) in [5.41, 5.74) is 8.89. The Labute approximate surface area is 178 Å². The summed E-state index contributed by atoms with van der Waals surface area (Å²) in [7, 11) is 0. The molecular formula is C25H31N3O2. The van der Waals surface area contributed by atoms with Crippen LogP contribution in [0.3, 0.4) is 0 Å². The van der Waals surface area contributed by atoms with Gasteiger partial charge in [-0.1, -0.05) is 43.3 Å². The Morgan fingerprint density at radius 1 is 0.967 bits per heavy atom. The number of piperazine rings is 1. The number of hydrogen-bond acceptors (Lipinski definition) is 5. The van der Waals surface area contributed by atoms with Crippen LogP contribution in [0.2, 0.25) is 0 Å². The molecule has 5 nitrogen and oxygen atoms in total. The number of likely N-dealkylation sites (N-methyl/N-ethyl adjacent to an activating group) is 1. The third-order valence-corrected chi connectivity index (χ3v) is 5.86. The van der Waals surface area contributed by atoms with E-state index in [4.69, 9.17) is 10.5 Å². The number of fused-ring (bicyclic) bond motifs is 1. The van der Waals surface area contributed by atoms with Gasteiger partial charge in [-0.3, -0.25) is 4.90 Å². The summed E-state index contributed by atoms with van der Waals surface area (Å²) < 4.78 is 6.03. The molecule has 0 saturated carbocycles. The summed E-state index contributed by atoms with van der Waals surface area (Å²) in [5.74, 6) is 0.765. The first kappa shape index (κ1) is 20.7. The topological polar surface area (TPSA) is 62.0 Å². The summed E-state index contributed by atoms with van der Waals surface area (Å²) in [6, 6.07) is 20.3. The normalized spacial score (nSPS) is 16.6. The average molecular weight is 406 g/mol. The molecule has 1 aliphatic heterocycles. The number of nitrogens with zero attached hydrogens (tertiary/aromatic N) is 2. The van der Waals surface area contributed by atoms with Crippen LogP contribution in [0.15, 0.2) is 60.7 Å². The summed E-state index contributed by atoms with van der Waals surface area (Å²) in [4.78, 5) is 4.76. The zero-order chi connectivity index (χ0) is 20.9. The number of anilines is 1. The molecule has 1 fully saturated rings. The number of nitrogen functional groups attached to an aromatic ring is 1. The minimum absolute atomic E-state index is 0.280. The predicted octanol–water partition coefficient (Wildman–Crippen LogP) is 3.47. The van der Waals surface area contributed by atoms with Gasteiger partial charge in [-0.15, -0.1) is 0 Å². The van der Waals surface area contributed by atoms with Gasteiger partial charge >= 0.3 is 0 Å². The molecule has 1 heterocycles. The molecule has 1 atom stereocenters. The Kier molecular flexibility index (Phi) is 6.53. The maximum Gasteiger partial charge on any atom is 0.120 e. The fourth-order valence-corrected chi connectivity index (χ4v) is 4.14. The van der Waals surface area contributed by atoms with Crippen LogP contribution in [0.1, 0.15) is 6.92 Å². The summed E-state index contributed by atoms with van der Waals surface area (Å²) in [6.45, 7) is 8.35. The van der Waals surface area contributed by atoms with Gasteiger partial charge in [0, 0.05) is 38.4 Å². The number of aliphatic hydroxyl groups is 1. The average Bonchev–Trinajstić information content (AvgIpc) is 2.77. The maximum absolute atomic E-state index is 10.5. The van der Waals surface area contributed by atoms with E-state index in [2.05, 4.69) is 34.9 Å². The van der Waals surface area contributed by atoms with Crippen LogP contribution >= 0.6 is 0 Å². The van der Waals surface area contributed by atoms with E-state index in [-0.39, 0.29) is 6.61 Å². The fourth-order valence-electron chi connectivity index (χ4n) is 4.14. The molecule has 1 aliphatic rings. The van der Waals surface area contributed by atoms with Crippen molar-refractivity contribution < 1.29 is 9.84 Å². The largest absolute Gasteiger partial charge is 0.491 e. The Morgan fingerprint density at radius 3 is 2.50 bits per heavy atom. The van der Waals surface area contributed by atoms with Crippen molar-refractivity contribution in [2.75, 3.05) is 51.6 Å². The molecule has 3 N–H and O–H groups in total. The molecule has 0 radical (unpaired) electrons. The molecule has 3 aromatic carbocycles. The number of nitrogens with two attached hydrogens (primary N) is 1. The number of ether oxygens (including phenoxy) is 1. The van der Waals surface area contributed by atoms with Crippen LogP contribution in [-0.4, -0.2) is 66.9 Å². The maximum atomic E-state index is 10.5. The lowest BCUT2D eigenvalue weighted by Gasteiger charge is -2.34. The highest BCUT2D eigenvalue weighted by molar-refractivity contribution is 5.98. The van der Waals surface area contributed by atoms with Gasteiger partial charge < -0.3 is 20.5 Å². The number of aliphatic hydroxyl groups excluding tert-OH is 1. The highest BCUT2D eigenvalue weighted by atomic mass is 16.5. The van der Waals surface area contributed by atoms with Crippen molar-refractivity contribution in [2.45, 2.75) is 13.0 Å². The highest BCUT2D eigenvalue weighted by Crippen LogP contribution is 2.33. The molecule has 3 aromatic rings. The predicted molar refractivity (Wildman–Crippen MR) is 124 cm³/mol. The standard InChI is InChI=1S/C25H31N3O2/c1-2-27-10-12-28(13-11-27)17-22(29)18-30-23-15-20-6-3-4-9-24(20)25(16-23)19-7-5-8-21(26)14-19/h3-9,14-16,22,29H,2,10-13,17-18,26H2,1H3. The Bertz CT molecular complexity index is 983. The summed E-state index contributed by atoms with van der Waals surface area (Å²) in [5, 5.41) is 12.8. The first-order chi connectivity index (χ1) is 14.6. The molecule has 0 bridgehead atoms. The first-order valence-electron chi connectivity index (χ1n) is 10.8. The Morgan fingerprint density at radius 2 is 1.73 bits per heavy atom. The number of hydrogen-bond donors (Lipinski definition) is 2. The first-order valence-corrected chi connectivity index (χ1v) is 10.8. The third-order valence-electron chi connectivity index (χ3n) is 5.86. The van der Waals surface area contributed by atoms with Gasteiger partial charge in [0.2, 0.25) is 0 Å². The van der Waals surface area contributed by atoms with Crippen LogP contribution in [0.25, 0.3) is 21.9 Å². The van der Waals surface area contributed by atoms with E-state index in [9.17, 15) is 5.11 Å². The molecule has 0 aromatic heterocycles. The van der Waals surface area contributed by atoms with Gasteiger partial charge in [0.05, 0.1) is 0 Å². The van der Waals surface area contributed by atoms with Gasteiger partial charge in [-0.05, 0) is 52.7 Å².